The summed E-state index contributed by atoms with van der Waals surface area (Å²) in [4.78, 5) is 12.4. The molecule has 0 atom stereocenters. The van der Waals surface area contributed by atoms with E-state index >= 15 is 0 Å². The molecular formula is C22H15ClO6S. The van der Waals surface area contributed by atoms with Crippen molar-refractivity contribution < 1.29 is 26.9 Å². The molecular weight excluding hydrogens is 428 g/mol. The van der Waals surface area contributed by atoms with Crippen LogP contribution in [0.25, 0.3) is 6.08 Å². The van der Waals surface area contributed by atoms with Crippen molar-refractivity contribution in [1.29, 1.82) is 0 Å². The Hall–Kier alpha value is -3.29. The van der Waals surface area contributed by atoms with Gasteiger partial charge in [0.1, 0.15) is 10.6 Å². The van der Waals surface area contributed by atoms with Crippen LogP contribution in [0.3, 0.4) is 0 Å². The number of carbonyl (C=O) groups is 1. The molecule has 30 heavy (non-hydrogen) atoms. The Morgan fingerprint density at radius 2 is 1.63 bits per heavy atom. The lowest BCUT2D eigenvalue weighted by molar-refractivity contribution is 0.104. The van der Waals surface area contributed by atoms with Crippen molar-refractivity contribution in [3.8, 4) is 17.2 Å². The van der Waals surface area contributed by atoms with Gasteiger partial charge >= 0.3 is 10.1 Å². The van der Waals surface area contributed by atoms with E-state index in [1.807, 2.05) is 6.07 Å². The molecule has 6 nitrogen and oxygen atoms in total. The van der Waals surface area contributed by atoms with Crippen molar-refractivity contribution >= 4 is 33.6 Å². The molecule has 1 aliphatic heterocycles. The van der Waals surface area contributed by atoms with Gasteiger partial charge < -0.3 is 13.7 Å². The minimum Gasteiger partial charge on any atom is -0.454 e. The molecule has 0 saturated heterocycles. The predicted octanol–water partition coefficient (Wildman–Crippen LogP) is 4.73. The zero-order valence-electron chi connectivity index (χ0n) is 15.4. The lowest BCUT2D eigenvalue weighted by Crippen LogP contribution is -2.09. The molecule has 3 aromatic rings. The van der Waals surface area contributed by atoms with Gasteiger partial charge in [-0.15, -0.1) is 0 Å². The SMILES string of the molecule is O=C(C=Cc1ccc2c(c1)OCO2)c1ccc(OS(=O)(=O)c2ccc(Cl)cc2)cc1. The third-order valence-corrected chi connectivity index (χ3v) is 5.78. The second kappa shape index (κ2) is 8.22. The van der Waals surface area contributed by atoms with Gasteiger partial charge in [0.15, 0.2) is 17.3 Å². The quantitative estimate of drug-likeness (QED) is 0.312. The van der Waals surface area contributed by atoms with Crippen molar-refractivity contribution in [2.45, 2.75) is 4.90 Å². The number of ether oxygens (including phenoxy) is 2. The van der Waals surface area contributed by atoms with E-state index in [4.69, 9.17) is 25.3 Å². The summed E-state index contributed by atoms with van der Waals surface area (Å²) in [5, 5.41) is 0.422. The van der Waals surface area contributed by atoms with Crippen LogP contribution in [-0.2, 0) is 10.1 Å². The third kappa shape index (κ3) is 4.48. The van der Waals surface area contributed by atoms with Crippen LogP contribution in [-0.4, -0.2) is 21.0 Å². The Bertz CT molecular complexity index is 1220. The van der Waals surface area contributed by atoms with Crippen LogP contribution in [0.15, 0.2) is 77.7 Å². The molecule has 0 saturated carbocycles. The molecule has 0 N–H and O–H groups in total. The molecule has 0 fully saturated rings. The van der Waals surface area contributed by atoms with Crippen LogP contribution in [0.1, 0.15) is 15.9 Å². The van der Waals surface area contributed by atoms with E-state index in [1.54, 1.807) is 18.2 Å². The van der Waals surface area contributed by atoms with Gasteiger partial charge in [-0.3, -0.25) is 4.79 Å². The van der Waals surface area contributed by atoms with Gasteiger partial charge in [-0.05, 0) is 72.3 Å². The molecule has 0 aromatic heterocycles. The largest absolute Gasteiger partial charge is 0.454 e. The molecule has 1 heterocycles. The molecule has 0 amide bonds. The van der Waals surface area contributed by atoms with Gasteiger partial charge in [0.05, 0.1) is 0 Å². The zero-order chi connectivity index (χ0) is 21.1. The second-order valence-corrected chi connectivity index (χ2v) is 8.31. The van der Waals surface area contributed by atoms with E-state index in [0.29, 0.717) is 22.1 Å². The number of hydrogen-bond acceptors (Lipinski definition) is 6. The summed E-state index contributed by atoms with van der Waals surface area (Å²) in [6.45, 7) is 0.184. The summed E-state index contributed by atoms with van der Waals surface area (Å²) >= 11 is 5.77. The van der Waals surface area contributed by atoms with Gasteiger partial charge in [-0.1, -0.05) is 23.7 Å². The van der Waals surface area contributed by atoms with Crippen molar-refractivity contribution in [2.75, 3.05) is 6.79 Å². The first-order chi connectivity index (χ1) is 14.4. The summed E-state index contributed by atoms with van der Waals surface area (Å²) < 4.78 is 40.3. The fourth-order valence-electron chi connectivity index (χ4n) is 2.74. The number of ketones is 1. The first-order valence-electron chi connectivity index (χ1n) is 8.83. The summed E-state index contributed by atoms with van der Waals surface area (Å²) in [6.07, 6.45) is 3.09. The van der Waals surface area contributed by atoms with Gasteiger partial charge in [-0.25, -0.2) is 0 Å². The van der Waals surface area contributed by atoms with Crippen LogP contribution in [0.5, 0.6) is 17.2 Å². The van der Waals surface area contributed by atoms with Gasteiger partial charge in [0.2, 0.25) is 6.79 Å². The maximum Gasteiger partial charge on any atom is 0.339 e. The summed E-state index contributed by atoms with van der Waals surface area (Å²) in [7, 11) is -3.99. The number of rotatable bonds is 6. The first-order valence-corrected chi connectivity index (χ1v) is 10.6. The van der Waals surface area contributed by atoms with Crippen LogP contribution >= 0.6 is 11.6 Å². The number of allylic oxidation sites excluding steroid dienone is 1. The molecule has 152 valence electrons. The smallest absolute Gasteiger partial charge is 0.339 e. The monoisotopic (exact) mass is 442 g/mol. The van der Waals surface area contributed by atoms with E-state index in [2.05, 4.69) is 0 Å². The average Bonchev–Trinajstić information content (AvgIpc) is 3.20. The lowest BCUT2D eigenvalue weighted by atomic mass is 10.1. The molecule has 0 spiro atoms. The Labute approximate surface area is 178 Å². The molecule has 0 radical (unpaired) electrons. The van der Waals surface area contributed by atoms with Gasteiger partial charge in [0.25, 0.3) is 0 Å². The maximum absolute atomic E-state index is 12.4. The fraction of sp³-hybridized carbons (Fsp3) is 0.0455. The highest BCUT2D eigenvalue weighted by Gasteiger charge is 2.17. The Morgan fingerprint density at radius 3 is 2.37 bits per heavy atom. The van der Waals surface area contributed by atoms with E-state index in [0.717, 1.165) is 5.56 Å². The van der Waals surface area contributed by atoms with Crippen LogP contribution in [0.2, 0.25) is 5.02 Å². The molecule has 0 bridgehead atoms. The minimum atomic E-state index is -3.99. The predicted molar refractivity (Wildman–Crippen MR) is 112 cm³/mol. The number of hydrogen-bond donors (Lipinski definition) is 0. The van der Waals surface area contributed by atoms with Crippen LogP contribution in [0.4, 0.5) is 0 Å². The maximum atomic E-state index is 12.4. The summed E-state index contributed by atoms with van der Waals surface area (Å²) in [6, 6.07) is 16.9. The Balaban J connectivity index is 1.44. The highest BCUT2D eigenvalue weighted by atomic mass is 35.5. The van der Waals surface area contributed by atoms with Crippen molar-refractivity contribution in [3.63, 3.8) is 0 Å². The van der Waals surface area contributed by atoms with Crippen LogP contribution < -0.4 is 13.7 Å². The third-order valence-electron chi connectivity index (χ3n) is 4.27. The minimum absolute atomic E-state index is 0.0151. The van der Waals surface area contributed by atoms with E-state index < -0.39 is 10.1 Å². The van der Waals surface area contributed by atoms with Gasteiger partial charge in [-0.2, -0.15) is 8.42 Å². The Morgan fingerprint density at radius 1 is 0.933 bits per heavy atom. The normalized spacial score (nSPS) is 12.8. The van der Waals surface area contributed by atoms with E-state index in [-0.39, 0.29) is 23.2 Å². The lowest BCUT2D eigenvalue weighted by Gasteiger charge is -2.07. The number of halogens is 1. The zero-order valence-corrected chi connectivity index (χ0v) is 17.0. The molecule has 3 aromatic carbocycles. The first kappa shape index (κ1) is 20.0. The highest BCUT2D eigenvalue weighted by Crippen LogP contribution is 2.32. The molecule has 1 aliphatic rings. The molecule has 0 aliphatic carbocycles. The van der Waals surface area contributed by atoms with Crippen molar-refractivity contribution in [1.82, 2.24) is 0 Å². The average molecular weight is 443 g/mol. The molecule has 4 rings (SSSR count). The van der Waals surface area contributed by atoms with E-state index in [1.165, 1.54) is 54.6 Å². The van der Waals surface area contributed by atoms with Crippen molar-refractivity contribution in [3.05, 3.63) is 89.0 Å². The van der Waals surface area contributed by atoms with Gasteiger partial charge in [0, 0.05) is 10.6 Å². The second-order valence-electron chi connectivity index (χ2n) is 6.33. The molecule has 0 unspecified atom stereocenters. The van der Waals surface area contributed by atoms with Crippen molar-refractivity contribution in [2.24, 2.45) is 0 Å². The van der Waals surface area contributed by atoms with E-state index in [9.17, 15) is 13.2 Å². The topological polar surface area (TPSA) is 78.9 Å². The number of benzene rings is 3. The summed E-state index contributed by atoms with van der Waals surface area (Å²) in [5.74, 6) is 1.16. The fourth-order valence-corrected chi connectivity index (χ4v) is 3.79. The number of fused-ring (bicyclic) bond motifs is 1. The Kier molecular flexibility index (Phi) is 5.48. The standard InChI is InChI=1S/C22H15ClO6S/c23-17-5-9-19(10-6-17)30(25,26)29-18-7-3-16(4-8-18)20(24)11-1-15-2-12-21-22(13-15)28-14-27-21/h1-13H,14H2. The van der Waals surface area contributed by atoms with Crippen LogP contribution in [0, 0.1) is 0 Å². The summed E-state index contributed by atoms with van der Waals surface area (Å²) in [5.41, 5.74) is 1.19. The highest BCUT2D eigenvalue weighted by molar-refractivity contribution is 7.87. The number of carbonyl (C=O) groups excluding carboxylic acids is 1. The molecule has 8 heteroatoms.